The van der Waals surface area contributed by atoms with Crippen LogP contribution in [0.3, 0.4) is 0 Å². The van der Waals surface area contributed by atoms with Crippen LogP contribution >= 0.6 is 23.1 Å². The highest BCUT2D eigenvalue weighted by Crippen LogP contribution is 2.42. The molecule has 2 aromatic carbocycles. The number of pyridine rings is 1. The Morgan fingerprint density at radius 1 is 0.981 bits per heavy atom. The van der Waals surface area contributed by atoms with Gasteiger partial charge in [0.25, 0.3) is 0 Å². The molecule has 0 spiro atoms. The van der Waals surface area contributed by atoms with Crippen molar-refractivity contribution >= 4 is 76.2 Å². The number of aryl methyl sites for hydroxylation is 1. The fourth-order valence-corrected chi connectivity index (χ4v) is 9.34. The van der Waals surface area contributed by atoms with Gasteiger partial charge in [0.05, 0.1) is 28.5 Å². The predicted molar refractivity (Wildman–Crippen MR) is 224 cm³/mol. The summed E-state index contributed by atoms with van der Waals surface area (Å²) in [7, 11) is -0.388. The number of aromatic nitrogens is 3. The quantitative estimate of drug-likeness (QED) is 0.100. The lowest BCUT2D eigenvalue weighted by Gasteiger charge is -2.43. The van der Waals surface area contributed by atoms with Crippen LogP contribution in [0.25, 0.3) is 10.9 Å². The van der Waals surface area contributed by atoms with E-state index in [2.05, 4.69) is 103 Å². The Morgan fingerprint density at radius 3 is 2.37 bits per heavy atom. The SMILES string of the molecule is CCc1cc(Nc2ncc(Br)c(Nc3ccc4nc(C#C[Si](C)(C)C)ccc4c3P(C)(C)=O)n2)c(OC)cc1N1CCC(N2CCN(C)CC2)CC1. The maximum Gasteiger partial charge on any atom is 0.229 e. The molecule has 276 valence electrons. The van der Waals surface area contributed by atoms with Crippen molar-refractivity contribution in [3.8, 4) is 17.2 Å². The molecule has 2 aromatic heterocycles. The molecule has 2 aliphatic heterocycles. The first-order chi connectivity index (χ1) is 24.7. The van der Waals surface area contributed by atoms with Crippen molar-refractivity contribution in [1.82, 2.24) is 24.8 Å². The van der Waals surface area contributed by atoms with Crippen molar-refractivity contribution in [1.29, 1.82) is 0 Å². The first-order valence-electron chi connectivity index (χ1n) is 18.2. The Balaban J connectivity index is 1.23. The summed E-state index contributed by atoms with van der Waals surface area (Å²) < 4.78 is 20.4. The largest absolute Gasteiger partial charge is 0.494 e. The van der Waals surface area contributed by atoms with Gasteiger partial charge in [0.15, 0.2) is 0 Å². The molecule has 4 heterocycles. The molecule has 0 saturated carbocycles. The molecular weight excluding hydrogens is 751 g/mol. The Morgan fingerprint density at radius 2 is 1.71 bits per heavy atom. The zero-order valence-corrected chi connectivity index (χ0v) is 35.3. The second-order valence-electron chi connectivity index (χ2n) is 15.3. The molecule has 0 unspecified atom stereocenters. The second-order valence-corrected chi connectivity index (χ2v) is 24.1. The van der Waals surface area contributed by atoms with Crippen molar-refractivity contribution in [3.63, 3.8) is 0 Å². The molecule has 2 fully saturated rings. The minimum Gasteiger partial charge on any atom is -0.494 e. The predicted octanol–water partition coefficient (Wildman–Crippen LogP) is 7.54. The smallest absolute Gasteiger partial charge is 0.229 e. The summed E-state index contributed by atoms with van der Waals surface area (Å²) >= 11 is 3.63. The Labute approximate surface area is 318 Å². The van der Waals surface area contributed by atoms with Gasteiger partial charge in [-0.2, -0.15) is 4.98 Å². The zero-order valence-electron chi connectivity index (χ0n) is 31.8. The van der Waals surface area contributed by atoms with Gasteiger partial charge in [0.1, 0.15) is 32.5 Å². The van der Waals surface area contributed by atoms with Gasteiger partial charge in [-0.25, -0.2) is 9.97 Å². The first kappa shape index (κ1) is 38.3. The molecule has 4 aromatic rings. The number of nitrogens with zero attached hydrogens (tertiary/aromatic N) is 6. The Hall–Kier alpha value is -3.46. The third kappa shape index (κ3) is 9.00. The van der Waals surface area contributed by atoms with E-state index in [1.807, 2.05) is 24.3 Å². The Bertz CT molecular complexity index is 2040. The van der Waals surface area contributed by atoms with Crippen molar-refractivity contribution in [2.24, 2.45) is 0 Å². The topological polar surface area (TPSA) is 98.7 Å². The fourth-order valence-electron chi connectivity index (χ4n) is 7.07. The summed E-state index contributed by atoms with van der Waals surface area (Å²) in [6.45, 7) is 19.1. The van der Waals surface area contributed by atoms with Gasteiger partial charge in [-0.05, 0) is 91.5 Å². The third-order valence-electron chi connectivity index (χ3n) is 9.83. The van der Waals surface area contributed by atoms with Crippen LogP contribution in [0.5, 0.6) is 5.75 Å². The van der Waals surface area contributed by atoms with Gasteiger partial charge >= 0.3 is 0 Å². The summed E-state index contributed by atoms with van der Waals surface area (Å²) in [4.78, 5) is 21.9. The van der Waals surface area contributed by atoms with Gasteiger partial charge in [-0.15, -0.1) is 5.54 Å². The van der Waals surface area contributed by atoms with E-state index in [1.54, 1.807) is 26.6 Å². The lowest BCUT2D eigenvalue weighted by atomic mass is 9.99. The highest BCUT2D eigenvalue weighted by atomic mass is 79.9. The molecule has 6 rings (SSSR count). The van der Waals surface area contributed by atoms with E-state index in [0.29, 0.717) is 28.0 Å². The van der Waals surface area contributed by atoms with Crippen LogP contribution in [-0.2, 0) is 11.0 Å². The molecule has 0 bridgehead atoms. The van der Waals surface area contributed by atoms with Crippen LogP contribution in [0.15, 0.2) is 47.1 Å². The average Bonchev–Trinajstić information content (AvgIpc) is 3.11. The van der Waals surface area contributed by atoms with E-state index < -0.39 is 15.2 Å². The van der Waals surface area contributed by atoms with Gasteiger partial charge in [0.2, 0.25) is 5.95 Å². The van der Waals surface area contributed by atoms with E-state index in [-0.39, 0.29) is 0 Å². The normalized spacial score (nSPS) is 16.4. The number of likely N-dealkylation sites (N-methyl/N-ethyl adjacent to an activating group) is 1. The van der Waals surface area contributed by atoms with Crippen LogP contribution in [-0.4, -0.2) is 106 Å². The van der Waals surface area contributed by atoms with Crippen LogP contribution in [0.1, 0.15) is 31.0 Å². The summed E-state index contributed by atoms with van der Waals surface area (Å²) in [6, 6.07) is 12.7. The number of piperidine rings is 1. The zero-order chi connectivity index (χ0) is 37.2. The molecular formula is C39H52BrN8O2PSi. The summed E-state index contributed by atoms with van der Waals surface area (Å²) in [5.74, 6) is 4.95. The lowest BCUT2D eigenvalue weighted by Crippen LogP contribution is -2.52. The number of methoxy groups -OCH3 is 1. The molecule has 13 heteroatoms. The first-order valence-corrected chi connectivity index (χ1v) is 25.1. The van der Waals surface area contributed by atoms with E-state index in [4.69, 9.17) is 14.7 Å². The average molecular weight is 804 g/mol. The fraction of sp³-hybridized carbons (Fsp3) is 0.462. The molecule has 0 aliphatic carbocycles. The van der Waals surface area contributed by atoms with Crippen LogP contribution in [0.4, 0.5) is 28.8 Å². The van der Waals surface area contributed by atoms with Crippen LogP contribution in [0.2, 0.25) is 19.6 Å². The highest BCUT2D eigenvalue weighted by molar-refractivity contribution is 9.10. The molecule has 0 radical (unpaired) electrons. The lowest BCUT2D eigenvalue weighted by molar-refractivity contribution is 0.0982. The number of piperazine rings is 1. The van der Waals surface area contributed by atoms with Crippen molar-refractivity contribution < 1.29 is 9.30 Å². The van der Waals surface area contributed by atoms with E-state index >= 15 is 0 Å². The summed E-state index contributed by atoms with van der Waals surface area (Å²) in [5.41, 5.74) is 8.87. The molecule has 0 amide bonds. The van der Waals surface area contributed by atoms with E-state index in [9.17, 15) is 4.57 Å². The number of nitrogens with one attached hydrogen (secondary N) is 2. The van der Waals surface area contributed by atoms with Gasteiger partial charge in [0, 0.05) is 74.0 Å². The number of hydrogen-bond donors (Lipinski definition) is 2. The molecule has 2 saturated heterocycles. The summed E-state index contributed by atoms with van der Waals surface area (Å²) in [5, 5.41) is 8.44. The number of rotatable bonds is 9. The van der Waals surface area contributed by atoms with E-state index in [0.717, 1.165) is 65.9 Å². The van der Waals surface area contributed by atoms with Crippen LogP contribution < -0.4 is 25.6 Å². The molecule has 52 heavy (non-hydrogen) atoms. The number of fused-ring (bicyclic) bond motifs is 1. The van der Waals surface area contributed by atoms with Gasteiger partial charge in [-0.1, -0.05) is 32.5 Å². The molecule has 2 N–H and O–H groups in total. The number of ether oxygens (including phenoxy) is 1. The summed E-state index contributed by atoms with van der Waals surface area (Å²) in [6.07, 6.45) is 4.95. The monoisotopic (exact) mass is 802 g/mol. The standard InChI is InChI=1S/C39H52BrN8O2PSi/c1-9-27-24-34(36(50-3)25-35(27)48-17-14-29(15-18-48)47-21-19-46(2)20-22-47)44-39-41-26-31(40)38(45-39)43-33-13-12-32-30(37(33)51(4,5)49)11-10-28(42-32)16-23-52(6,7)8/h10-13,24-26,29H,9,14-15,17-22H2,1-8H3,(H2,41,43,44,45). The number of anilines is 5. The van der Waals surface area contributed by atoms with Crippen molar-refractivity contribution in [2.75, 3.05) is 82.3 Å². The van der Waals surface area contributed by atoms with Gasteiger partial charge < -0.3 is 29.7 Å². The van der Waals surface area contributed by atoms with Crippen molar-refractivity contribution in [3.05, 3.63) is 58.3 Å². The second kappa shape index (κ2) is 15.9. The Kier molecular flexibility index (Phi) is 11.7. The third-order valence-corrected chi connectivity index (χ3v) is 12.8. The maximum atomic E-state index is 13.8. The van der Waals surface area contributed by atoms with E-state index in [1.165, 1.54) is 37.2 Å². The van der Waals surface area contributed by atoms with Crippen LogP contribution in [0, 0.1) is 11.5 Å². The number of halogens is 1. The number of hydrogen-bond acceptors (Lipinski definition) is 10. The number of benzene rings is 2. The highest BCUT2D eigenvalue weighted by Gasteiger charge is 2.28. The minimum atomic E-state index is -2.76. The molecule has 10 nitrogen and oxygen atoms in total. The molecule has 2 aliphatic rings. The maximum absolute atomic E-state index is 13.8. The molecule has 0 atom stereocenters. The van der Waals surface area contributed by atoms with Crippen molar-refractivity contribution in [2.45, 2.75) is 51.9 Å². The minimum absolute atomic E-state index is 0.414. The van der Waals surface area contributed by atoms with Gasteiger partial charge in [-0.3, -0.25) is 4.90 Å².